The molecular formula is C19H18N2O5S. The predicted molar refractivity (Wildman–Crippen MR) is 101 cm³/mol. The highest BCUT2D eigenvalue weighted by Gasteiger charge is 2.41. The molecule has 1 unspecified atom stereocenters. The first-order valence-electron chi connectivity index (χ1n) is 8.28. The lowest BCUT2D eigenvalue weighted by Gasteiger charge is -2.15. The number of amides is 2. The van der Waals surface area contributed by atoms with E-state index < -0.39 is 27.8 Å². The highest BCUT2D eigenvalue weighted by atomic mass is 32.2. The molecule has 0 aromatic heterocycles. The summed E-state index contributed by atoms with van der Waals surface area (Å²) >= 11 is 0. The molecule has 1 heterocycles. The number of hydrogen-bond donors (Lipinski definition) is 1. The molecule has 1 fully saturated rings. The second kappa shape index (κ2) is 6.96. The Balaban J connectivity index is 1.79. The van der Waals surface area contributed by atoms with Gasteiger partial charge in [-0.05, 0) is 43.3 Å². The zero-order valence-electron chi connectivity index (χ0n) is 14.8. The number of sulfonamides is 1. The lowest BCUT2D eigenvalue weighted by molar-refractivity contribution is -0.119. The fourth-order valence-corrected chi connectivity index (χ4v) is 4.67. The van der Waals surface area contributed by atoms with Crippen molar-refractivity contribution in [2.45, 2.75) is 13.8 Å². The number of anilines is 2. The van der Waals surface area contributed by atoms with Gasteiger partial charge in [0.2, 0.25) is 15.9 Å². The Hall–Kier alpha value is -3.00. The highest BCUT2D eigenvalue weighted by Crippen LogP contribution is 2.28. The van der Waals surface area contributed by atoms with Crippen molar-refractivity contribution in [3.63, 3.8) is 0 Å². The van der Waals surface area contributed by atoms with Gasteiger partial charge in [-0.1, -0.05) is 19.1 Å². The Kier molecular flexibility index (Phi) is 4.84. The van der Waals surface area contributed by atoms with Crippen LogP contribution in [0.15, 0.2) is 48.5 Å². The van der Waals surface area contributed by atoms with Gasteiger partial charge >= 0.3 is 0 Å². The highest BCUT2D eigenvalue weighted by molar-refractivity contribution is 7.94. The summed E-state index contributed by atoms with van der Waals surface area (Å²) in [4.78, 5) is 35.9. The van der Waals surface area contributed by atoms with Crippen LogP contribution in [0.4, 0.5) is 11.4 Å². The molecular weight excluding hydrogens is 368 g/mol. The molecule has 2 amide bonds. The van der Waals surface area contributed by atoms with Gasteiger partial charge in [-0.2, -0.15) is 0 Å². The number of ketones is 1. The molecule has 2 aromatic rings. The van der Waals surface area contributed by atoms with Crippen molar-refractivity contribution in [3.8, 4) is 0 Å². The smallest absolute Gasteiger partial charge is 0.255 e. The fraction of sp³-hybridized carbons (Fsp3) is 0.211. The van der Waals surface area contributed by atoms with Crippen LogP contribution in [0, 0.1) is 5.92 Å². The van der Waals surface area contributed by atoms with Crippen LogP contribution in [0.1, 0.15) is 34.6 Å². The van der Waals surface area contributed by atoms with E-state index in [9.17, 15) is 22.8 Å². The van der Waals surface area contributed by atoms with Crippen LogP contribution < -0.4 is 9.62 Å². The maximum atomic E-state index is 12.4. The van der Waals surface area contributed by atoms with Gasteiger partial charge in [0, 0.05) is 16.8 Å². The van der Waals surface area contributed by atoms with Crippen LogP contribution in [-0.4, -0.2) is 31.8 Å². The summed E-state index contributed by atoms with van der Waals surface area (Å²) in [6.45, 7) is 3.01. The molecule has 1 N–H and O–H groups in total. The van der Waals surface area contributed by atoms with Gasteiger partial charge < -0.3 is 5.32 Å². The van der Waals surface area contributed by atoms with Crippen molar-refractivity contribution >= 4 is 39.0 Å². The van der Waals surface area contributed by atoms with Gasteiger partial charge in [-0.3, -0.25) is 14.4 Å². The third-order valence-corrected chi connectivity index (χ3v) is 6.12. The van der Waals surface area contributed by atoms with Crippen LogP contribution in [-0.2, 0) is 14.8 Å². The van der Waals surface area contributed by atoms with Crippen LogP contribution in [0.2, 0.25) is 0 Å². The summed E-state index contributed by atoms with van der Waals surface area (Å²) in [5.41, 5.74) is 1.46. The van der Waals surface area contributed by atoms with Crippen molar-refractivity contribution in [2.24, 2.45) is 5.92 Å². The monoisotopic (exact) mass is 386 g/mol. The van der Waals surface area contributed by atoms with E-state index in [2.05, 4.69) is 5.32 Å². The zero-order valence-corrected chi connectivity index (χ0v) is 15.6. The number of nitrogens with zero attached hydrogens (tertiary/aromatic N) is 1. The molecule has 8 heteroatoms. The van der Waals surface area contributed by atoms with Gasteiger partial charge in [-0.25, -0.2) is 12.7 Å². The number of carbonyl (C=O) groups is 3. The van der Waals surface area contributed by atoms with Gasteiger partial charge in [0.1, 0.15) is 0 Å². The third kappa shape index (κ3) is 3.75. The van der Waals surface area contributed by atoms with Crippen molar-refractivity contribution in [2.75, 3.05) is 15.4 Å². The average Bonchev–Trinajstić information content (AvgIpc) is 2.82. The molecule has 1 aliphatic heterocycles. The van der Waals surface area contributed by atoms with E-state index in [0.29, 0.717) is 16.8 Å². The first-order valence-corrected chi connectivity index (χ1v) is 9.89. The maximum absolute atomic E-state index is 12.4. The van der Waals surface area contributed by atoms with Crippen molar-refractivity contribution in [1.82, 2.24) is 0 Å². The summed E-state index contributed by atoms with van der Waals surface area (Å²) in [7, 11) is -3.68. The average molecular weight is 386 g/mol. The first kappa shape index (κ1) is 18.8. The summed E-state index contributed by atoms with van der Waals surface area (Å²) in [5.74, 6) is -1.81. The number of carbonyl (C=O) groups excluding carboxylic acids is 3. The van der Waals surface area contributed by atoms with Crippen LogP contribution in [0.25, 0.3) is 0 Å². The Morgan fingerprint density at radius 1 is 1.07 bits per heavy atom. The number of hydrogen-bond acceptors (Lipinski definition) is 5. The van der Waals surface area contributed by atoms with E-state index in [-0.39, 0.29) is 17.2 Å². The lowest BCUT2D eigenvalue weighted by Crippen LogP contribution is -2.30. The Labute approximate surface area is 157 Å². The minimum Gasteiger partial charge on any atom is -0.322 e. The Morgan fingerprint density at radius 2 is 1.74 bits per heavy atom. The Morgan fingerprint density at radius 3 is 2.30 bits per heavy atom. The van der Waals surface area contributed by atoms with Gasteiger partial charge in [0.25, 0.3) is 5.91 Å². The van der Waals surface area contributed by atoms with E-state index >= 15 is 0 Å². The first-order chi connectivity index (χ1) is 12.7. The standard InChI is InChI=1S/C19H18N2O5S/c1-12-11-27(25,26)21(19(12)24)17-8-6-14(7-9-17)18(23)20-16-5-3-4-15(10-16)13(2)22/h3-10,12H,11H2,1-2H3,(H,20,23). The molecule has 0 aliphatic carbocycles. The molecule has 27 heavy (non-hydrogen) atoms. The van der Waals surface area contributed by atoms with Gasteiger partial charge in [-0.15, -0.1) is 0 Å². The molecule has 0 spiro atoms. The molecule has 2 aromatic carbocycles. The molecule has 3 rings (SSSR count). The second-order valence-corrected chi connectivity index (χ2v) is 8.28. The molecule has 1 atom stereocenters. The van der Waals surface area contributed by atoms with Crippen molar-refractivity contribution < 1.29 is 22.8 Å². The summed E-state index contributed by atoms with van der Waals surface area (Å²) < 4.78 is 25.0. The molecule has 0 saturated carbocycles. The largest absolute Gasteiger partial charge is 0.322 e. The van der Waals surface area contributed by atoms with Crippen LogP contribution in [0.5, 0.6) is 0 Å². The number of benzene rings is 2. The molecule has 1 saturated heterocycles. The minimum atomic E-state index is -3.68. The van der Waals surface area contributed by atoms with Crippen LogP contribution in [0.3, 0.4) is 0 Å². The number of nitrogens with one attached hydrogen (secondary N) is 1. The maximum Gasteiger partial charge on any atom is 0.255 e. The molecule has 0 bridgehead atoms. The third-order valence-electron chi connectivity index (χ3n) is 4.25. The van der Waals surface area contributed by atoms with Crippen molar-refractivity contribution in [3.05, 3.63) is 59.7 Å². The Bertz CT molecular complexity index is 1030. The predicted octanol–water partition coefficient (Wildman–Crippen LogP) is 2.45. The lowest BCUT2D eigenvalue weighted by atomic mass is 10.1. The van der Waals surface area contributed by atoms with Crippen LogP contribution >= 0.6 is 0 Å². The minimum absolute atomic E-state index is 0.110. The summed E-state index contributed by atoms with van der Waals surface area (Å²) in [6, 6.07) is 12.3. The van der Waals surface area contributed by atoms with E-state index in [1.165, 1.54) is 31.2 Å². The SMILES string of the molecule is CC(=O)c1cccc(NC(=O)c2ccc(N3C(=O)C(C)CS3(=O)=O)cc2)c1. The number of Topliss-reactive ketones (excluding diaryl/α,β-unsaturated/α-hetero) is 1. The molecule has 140 valence electrons. The molecule has 1 aliphatic rings. The number of rotatable bonds is 4. The normalized spacial score (nSPS) is 18.4. The van der Waals surface area contributed by atoms with E-state index in [1.807, 2.05) is 0 Å². The summed E-state index contributed by atoms with van der Waals surface area (Å²) in [6.07, 6.45) is 0. The second-order valence-electron chi connectivity index (χ2n) is 6.42. The molecule has 7 nitrogen and oxygen atoms in total. The van der Waals surface area contributed by atoms with E-state index in [0.717, 1.165) is 4.31 Å². The fourth-order valence-electron chi connectivity index (χ4n) is 2.85. The quantitative estimate of drug-likeness (QED) is 0.814. The topological polar surface area (TPSA) is 101 Å². The zero-order chi connectivity index (χ0) is 19.8. The van der Waals surface area contributed by atoms with E-state index in [4.69, 9.17) is 0 Å². The van der Waals surface area contributed by atoms with E-state index in [1.54, 1.807) is 31.2 Å². The summed E-state index contributed by atoms with van der Waals surface area (Å²) in [5, 5.41) is 2.68. The van der Waals surface area contributed by atoms with Gasteiger partial charge in [0.15, 0.2) is 5.78 Å². The van der Waals surface area contributed by atoms with Gasteiger partial charge in [0.05, 0.1) is 17.4 Å². The molecule has 0 radical (unpaired) electrons. The van der Waals surface area contributed by atoms with Crippen molar-refractivity contribution in [1.29, 1.82) is 0 Å².